The molecular formula is C17H18FN5O2. The summed E-state index contributed by atoms with van der Waals surface area (Å²) in [5, 5.41) is 6.94. The summed E-state index contributed by atoms with van der Waals surface area (Å²) in [6, 6.07) is 5.98. The third-order valence-corrected chi connectivity index (χ3v) is 3.84. The van der Waals surface area contributed by atoms with Gasteiger partial charge in [0.1, 0.15) is 0 Å². The second kappa shape index (κ2) is 6.46. The number of hydrogen-bond acceptors (Lipinski definition) is 5. The lowest BCUT2D eigenvalue weighted by Gasteiger charge is -2.14. The average molecular weight is 343 g/mol. The van der Waals surface area contributed by atoms with Gasteiger partial charge in [0, 0.05) is 11.4 Å². The molecule has 8 heteroatoms. The van der Waals surface area contributed by atoms with Crippen molar-refractivity contribution in [2.24, 2.45) is 0 Å². The molecule has 2 heterocycles. The van der Waals surface area contributed by atoms with E-state index in [1.807, 2.05) is 19.9 Å². The van der Waals surface area contributed by atoms with E-state index in [2.05, 4.69) is 20.4 Å². The summed E-state index contributed by atoms with van der Waals surface area (Å²) in [4.78, 5) is 20.8. The minimum absolute atomic E-state index is 0.0158. The number of nitrogens with one attached hydrogen (secondary N) is 1. The Morgan fingerprint density at radius 1 is 1.28 bits per heavy atom. The third-order valence-electron chi connectivity index (χ3n) is 3.84. The van der Waals surface area contributed by atoms with Gasteiger partial charge in [0.05, 0.1) is 13.2 Å². The number of fused-ring (bicyclic) bond motifs is 1. The summed E-state index contributed by atoms with van der Waals surface area (Å²) in [6.07, 6.45) is 0. The molecule has 0 fully saturated rings. The highest BCUT2D eigenvalue weighted by Crippen LogP contribution is 2.21. The Hall–Kier alpha value is -3.03. The Morgan fingerprint density at radius 2 is 2.04 bits per heavy atom. The number of aromatic nitrogens is 4. The standard InChI is InChI=1S/C17H18FN5O2/c1-9-7-10(2)23-17(19-9)21-15(22-23)16(24)20-11(3)12-5-6-14(25-4)13(18)8-12/h5-8,11H,1-4H3,(H,20,24). The smallest absolute Gasteiger partial charge is 0.291 e. The van der Waals surface area contributed by atoms with Crippen LogP contribution in [0.4, 0.5) is 4.39 Å². The van der Waals surface area contributed by atoms with E-state index in [0.717, 1.165) is 11.4 Å². The number of carbonyl (C=O) groups is 1. The van der Waals surface area contributed by atoms with Gasteiger partial charge in [-0.3, -0.25) is 4.79 Å². The highest BCUT2D eigenvalue weighted by molar-refractivity contribution is 5.91. The van der Waals surface area contributed by atoms with Gasteiger partial charge in [-0.1, -0.05) is 6.07 Å². The number of halogens is 1. The molecule has 0 saturated carbocycles. The van der Waals surface area contributed by atoms with Crippen LogP contribution in [0.2, 0.25) is 0 Å². The van der Waals surface area contributed by atoms with Crippen molar-refractivity contribution >= 4 is 11.7 Å². The number of aryl methyl sites for hydroxylation is 2. The second-order valence-corrected chi connectivity index (χ2v) is 5.78. The zero-order valence-electron chi connectivity index (χ0n) is 14.4. The maximum atomic E-state index is 13.8. The Morgan fingerprint density at radius 3 is 2.72 bits per heavy atom. The van der Waals surface area contributed by atoms with Crippen LogP contribution in [0.1, 0.15) is 40.5 Å². The summed E-state index contributed by atoms with van der Waals surface area (Å²) >= 11 is 0. The molecule has 0 spiro atoms. The first-order chi connectivity index (χ1) is 11.9. The van der Waals surface area contributed by atoms with Gasteiger partial charge in [-0.2, -0.15) is 4.98 Å². The van der Waals surface area contributed by atoms with Gasteiger partial charge in [-0.25, -0.2) is 13.9 Å². The SMILES string of the molecule is COc1ccc(C(C)NC(=O)c2nc3nc(C)cc(C)n3n2)cc1F. The molecule has 25 heavy (non-hydrogen) atoms. The number of carbonyl (C=O) groups excluding carboxylic acids is 1. The predicted molar refractivity (Wildman–Crippen MR) is 89.1 cm³/mol. The Balaban J connectivity index is 1.82. The number of ether oxygens (including phenoxy) is 1. The maximum Gasteiger partial charge on any atom is 0.291 e. The number of nitrogens with zero attached hydrogens (tertiary/aromatic N) is 4. The van der Waals surface area contributed by atoms with E-state index in [4.69, 9.17) is 4.74 Å². The summed E-state index contributed by atoms with van der Waals surface area (Å²) in [7, 11) is 1.40. The molecule has 0 saturated heterocycles. The molecule has 3 rings (SSSR count). The van der Waals surface area contributed by atoms with E-state index in [1.165, 1.54) is 23.8 Å². The summed E-state index contributed by atoms with van der Waals surface area (Å²) in [5.41, 5.74) is 2.24. The quantitative estimate of drug-likeness (QED) is 0.786. The van der Waals surface area contributed by atoms with E-state index in [-0.39, 0.29) is 11.6 Å². The lowest BCUT2D eigenvalue weighted by molar-refractivity contribution is 0.0929. The molecule has 1 aromatic carbocycles. The van der Waals surface area contributed by atoms with Crippen LogP contribution in [0.5, 0.6) is 5.75 Å². The fraction of sp³-hybridized carbons (Fsp3) is 0.294. The van der Waals surface area contributed by atoms with Crippen molar-refractivity contribution in [1.29, 1.82) is 0 Å². The number of rotatable bonds is 4. The fourth-order valence-corrected chi connectivity index (χ4v) is 2.56. The van der Waals surface area contributed by atoms with Crippen molar-refractivity contribution in [3.63, 3.8) is 0 Å². The molecule has 1 N–H and O–H groups in total. The first-order valence-electron chi connectivity index (χ1n) is 7.74. The van der Waals surface area contributed by atoms with Crippen LogP contribution in [0.3, 0.4) is 0 Å². The van der Waals surface area contributed by atoms with Crippen LogP contribution in [-0.4, -0.2) is 32.6 Å². The summed E-state index contributed by atoms with van der Waals surface area (Å²) in [5.74, 6) is -0.400. The van der Waals surface area contributed by atoms with Crippen LogP contribution in [0.25, 0.3) is 5.78 Å². The Labute approximate surface area is 143 Å². The molecule has 3 aromatic rings. The molecule has 0 aliphatic heterocycles. The molecule has 7 nitrogen and oxygen atoms in total. The first-order valence-corrected chi connectivity index (χ1v) is 7.74. The van der Waals surface area contributed by atoms with Crippen LogP contribution in [-0.2, 0) is 0 Å². The van der Waals surface area contributed by atoms with Crippen molar-refractivity contribution in [2.45, 2.75) is 26.8 Å². The number of hydrogen-bond donors (Lipinski definition) is 1. The molecule has 1 unspecified atom stereocenters. The predicted octanol–water partition coefficient (Wildman–Crippen LogP) is 2.38. The number of benzene rings is 1. The minimum atomic E-state index is -0.484. The molecule has 0 aliphatic rings. The van der Waals surface area contributed by atoms with Crippen molar-refractivity contribution in [2.75, 3.05) is 7.11 Å². The van der Waals surface area contributed by atoms with Crippen molar-refractivity contribution in [3.8, 4) is 5.75 Å². The summed E-state index contributed by atoms with van der Waals surface area (Å²) < 4.78 is 20.2. The van der Waals surface area contributed by atoms with Gasteiger partial charge >= 0.3 is 0 Å². The number of amides is 1. The third kappa shape index (κ3) is 3.28. The van der Waals surface area contributed by atoms with E-state index in [1.54, 1.807) is 13.0 Å². The van der Waals surface area contributed by atoms with Gasteiger partial charge in [-0.05, 0) is 44.5 Å². The van der Waals surface area contributed by atoms with Crippen molar-refractivity contribution < 1.29 is 13.9 Å². The lowest BCUT2D eigenvalue weighted by atomic mass is 10.1. The van der Waals surface area contributed by atoms with Gasteiger partial charge in [0.15, 0.2) is 11.6 Å². The van der Waals surface area contributed by atoms with Crippen LogP contribution in [0.15, 0.2) is 24.3 Å². The molecular weight excluding hydrogens is 325 g/mol. The molecule has 130 valence electrons. The molecule has 0 radical (unpaired) electrons. The molecule has 1 amide bonds. The number of methoxy groups -OCH3 is 1. The van der Waals surface area contributed by atoms with Crippen LogP contribution < -0.4 is 10.1 Å². The molecule has 1 atom stereocenters. The average Bonchev–Trinajstić information content (AvgIpc) is 2.99. The lowest BCUT2D eigenvalue weighted by Crippen LogP contribution is -2.27. The fourth-order valence-electron chi connectivity index (χ4n) is 2.56. The first kappa shape index (κ1) is 16.8. The van der Waals surface area contributed by atoms with Gasteiger partial charge in [0.25, 0.3) is 11.7 Å². The Kier molecular flexibility index (Phi) is 4.35. The second-order valence-electron chi connectivity index (χ2n) is 5.78. The zero-order valence-corrected chi connectivity index (χ0v) is 14.4. The minimum Gasteiger partial charge on any atom is -0.494 e. The Bertz CT molecular complexity index is 954. The zero-order chi connectivity index (χ0) is 18.1. The normalized spacial score (nSPS) is 12.2. The van der Waals surface area contributed by atoms with E-state index < -0.39 is 17.8 Å². The highest BCUT2D eigenvalue weighted by Gasteiger charge is 2.18. The highest BCUT2D eigenvalue weighted by atomic mass is 19.1. The van der Waals surface area contributed by atoms with Gasteiger partial charge in [-0.15, -0.1) is 5.10 Å². The van der Waals surface area contributed by atoms with Crippen LogP contribution in [0, 0.1) is 19.7 Å². The topological polar surface area (TPSA) is 81.4 Å². The van der Waals surface area contributed by atoms with Crippen LogP contribution >= 0.6 is 0 Å². The maximum absolute atomic E-state index is 13.8. The molecule has 0 bridgehead atoms. The van der Waals surface area contributed by atoms with Gasteiger partial charge < -0.3 is 10.1 Å². The van der Waals surface area contributed by atoms with E-state index >= 15 is 0 Å². The largest absolute Gasteiger partial charge is 0.494 e. The van der Waals surface area contributed by atoms with Crippen molar-refractivity contribution in [1.82, 2.24) is 24.9 Å². The van der Waals surface area contributed by atoms with E-state index in [9.17, 15) is 9.18 Å². The van der Waals surface area contributed by atoms with E-state index in [0.29, 0.717) is 11.3 Å². The van der Waals surface area contributed by atoms with Gasteiger partial charge in [0.2, 0.25) is 5.82 Å². The molecule has 2 aromatic heterocycles. The monoisotopic (exact) mass is 343 g/mol. The molecule has 0 aliphatic carbocycles. The van der Waals surface area contributed by atoms with Crippen molar-refractivity contribution in [3.05, 3.63) is 52.9 Å². The summed E-state index contributed by atoms with van der Waals surface area (Å²) in [6.45, 7) is 5.46.